The van der Waals surface area contributed by atoms with Crippen molar-refractivity contribution in [3.63, 3.8) is 0 Å². The van der Waals surface area contributed by atoms with Gasteiger partial charge in [-0.1, -0.05) is 24.3 Å². The molecule has 0 unspecified atom stereocenters. The fourth-order valence-corrected chi connectivity index (χ4v) is 3.16. The third kappa shape index (κ3) is 5.37. The minimum atomic E-state index is -0.231. The molecule has 2 heterocycles. The Labute approximate surface area is 166 Å². The molecule has 0 aliphatic carbocycles. The maximum atomic E-state index is 12.2. The lowest BCUT2D eigenvalue weighted by atomic mass is 10.2. The number of nitrogens with zero attached hydrogens (tertiary/aromatic N) is 2. The topological polar surface area (TPSA) is 93.2 Å². The van der Waals surface area contributed by atoms with E-state index in [1.54, 1.807) is 41.9 Å². The summed E-state index contributed by atoms with van der Waals surface area (Å²) in [5, 5.41) is 7.80. The molecule has 7 nitrogen and oxygen atoms in total. The summed E-state index contributed by atoms with van der Waals surface area (Å²) in [6, 6.07) is 12.6. The van der Waals surface area contributed by atoms with Crippen molar-refractivity contribution in [3.05, 3.63) is 70.9 Å². The first-order chi connectivity index (χ1) is 13.7. The number of aromatic nitrogens is 2. The summed E-state index contributed by atoms with van der Waals surface area (Å²) in [5.74, 6) is 0.119. The number of amides is 2. The summed E-state index contributed by atoms with van der Waals surface area (Å²) in [6.07, 6.45) is 1.78. The Bertz CT molecular complexity index is 943. The SMILES string of the molecule is CCOc1ncccc1CNC(=O)Cc1csc(NC(=O)c2ccccc2)n1. The van der Waals surface area contributed by atoms with Gasteiger partial charge in [-0.15, -0.1) is 11.3 Å². The fourth-order valence-electron chi connectivity index (χ4n) is 2.45. The number of pyridine rings is 1. The van der Waals surface area contributed by atoms with Gasteiger partial charge in [0.25, 0.3) is 5.91 Å². The largest absolute Gasteiger partial charge is 0.478 e. The van der Waals surface area contributed by atoms with Crippen LogP contribution in [0, 0.1) is 0 Å². The number of hydrogen-bond acceptors (Lipinski definition) is 6. The minimum Gasteiger partial charge on any atom is -0.478 e. The third-order valence-electron chi connectivity index (χ3n) is 3.76. The Hall–Kier alpha value is -3.26. The van der Waals surface area contributed by atoms with Crippen LogP contribution in [0.25, 0.3) is 0 Å². The first kappa shape index (κ1) is 19.5. The van der Waals surface area contributed by atoms with Crippen molar-refractivity contribution in [1.29, 1.82) is 0 Å². The normalized spacial score (nSPS) is 10.3. The number of nitrogens with one attached hydrogen (secondary N) is 2. The van der Waals surface area contributed by atoms with E-state index in [0.717, 1.165) is 5.56 Å². The fraction of sp³-hybridized carbons (Fsp3) is 0.200. The van der Waals surface area contributed by atoms with Gasteiger partial charge >= 0.3 is 0 Å². The van der Waals surface area contributed by atoms with Crippen LogP contribution in [0.3, 0.4) is 0 Å². The van der Waals surface area contributed by atoms with E-state index in [9.17, 15) is 9.59 Å². The van der Waals surface area contributed by atoms with Gasteiger partial charge in [0.2, 0.25) is 11.8 Å². The molecular weight excluding hydrogens is 376 g/mol. The van der Waals surface area contributed by atoms with Crippen molar-refractivity contribution in [2.24, 2.45) is 0 Å². The van der Waals surface area contributed by atoms with E-state index in [2.05, 4.69) is 20.6 Å². The van der Waals surface area contributed by atoms with Gasteiger partial charge in [0.05, 0.1) is 18.7 Å². The second-order valence-electron chi connectivity index (χ2n) is 5.82. The van der Waals surface area contributed by atoms with Crippen molar-refractivity contribution in [2.45, 2.75) is 19.9 Å². The van der Waals surface area contributed by atoms with E-state index in [-0.39, 0.29) is 18.2 Å². The Morgan fingerprint density at radius 3 is 2.75 bits per heavy atom. The Morgan fingerprint density at radius 1 is 1.14 bits per heavy atom. The predicted octanol–water partition coefficient (Wildman–Crippen LogP) is 3.05. The highest BCUT2D eigenvalue weighted by molar-refractivity contribution is 7.14. The van der Waals surface area contributed by atoms with Gasteiger partial charge < -0.3 is 10.1 Å². The third-order valence-corrected chi connectivity index (χ3v) is 4.56. The van der Waals surface area contributed by atoms with Crippen LogP contribution in [0.4, 0.5) is 5.13 Å². The molecule has 0 saturated heterocycles. The van der Waals surface area contributed by atoms with E-state index >= 15 is 0 Å². The van der Waals surface area contributed by atoms with E-state index < -0.39 is 0 Å². The van der Waals surface area contributed by atoms with Gasteiger partial charge in [0, 0.05) is 29.2 Å². The second kappa shape index (κ2) is 9.61. The summed E-state index contributed by atoms with van der Waals surface area (Å²) in [6.45, 7) is 2.71. The summed E-state index contributed by atoms with van der Waals surface area (Å²) in [4.78, 5) is 32.8. The molecule has 144 valence electrons. The van der Waals surface area contributed by atoms with Crippen LogP contribution in [0.5, 0.6) is 5.88 Å². The van der Waals surface area contributed by atoms with E-state index in [4.69, 9.17) is 4.74 Å². The quantitative estimate of drug-likeness (QED) is 0.610. The van der Waals surface area contributed by atoms with Crippen LogP contribution in [0.1, 0.15) is 28.5 Å². The monoisotopic (exact) mass is 396 g/mol. The van der Waals surface area contributed by atoms with Crippen LogP contribution in [-0.4, -0.2) is 28.4 Å². The number of rotatable bonds is 8. The molecule has 2 amide bonds. The molecule has 2 aromatic heterocycles. The maximum absolute atomic E-state index is 12.2. The number of thiazole rings is 1. The van der Waals surface area contributed by atoms with E-state index in [1.807, 2.05) is 19.1 Å². The summed E-state index contributed by atoms with van der Waals surface area (Å²) in [7, 11) is 0. The minimum absolute atomic E-state index is 0.127. The molecule has 0 saturated carbocycles. The number of anilines is 1. The van der Waals surface area contributed by atoms with E-state index in [1.165, 1.54) is 11.3 Å². The number of carbonyl (C=O) groups excluding carboxylic acids is 2. The van der Waals surface area contributed by atoms with Gasteiger partial charge in [-0.25, -0.2) is 9.97 Å². The molecule has 0 bridgehead atoms. The highest BCUT2D eigenvalue weighted by Crippen LogP contribution is 2.17. The zero-order chi connectivity index (χ0) is 19.8. The maximum Gasteiger partial charge on any atom is 0.257 e. The summed E-state index contributed by atoms with van der Waals surface area (Å²) >= 11 is 1.28. The Kier molecular flexibility index (Phi) is 6.69. The smallest absolute Gasteiger partial charge is 0.257 e. The van der Waals surface area contributed by atoms with Gasteiger partial charge in [-0.3, -0.25) is 14.9 Å². The number of carbonyl (C=O) groups is 2. The average molecular weight is 396 g/mol. The van der Waals surface area contributed by atoms with Crippen molar-refractivity contribution < 1.29 is 14.3 Å². The molecule has 0 aliphatic heterocycles. The molecule has 0 spiro atoms. The number of hydrogen-bond donors (Lipinski definition) is 2. The van der Waals surface area contributed by atoms with Crippen molar-refractivity contribution in [1.82, 2.24) is 15.3 Å². The first-order valence-corrected chi connectivity index (χ1v) is 9.68. The molecule has 28 heavy (non-hydrogen) atoms. The predicted molar refractivity (Wildman–Crippen MR) is 107 cm³/mol. The number of benzene rings is 1. The highest BCUT2D eigenvalue weighted by atomic mass is 32.1. The molecule has 3 rings (SSSR count). The van der Waals surface area contributed by atoms with Crippen molar-refractivity contribution >= 4 is 28.3 Å². The van der Waals surface area contributed by atoms with E-state index in [0.29, 0.717) is 35.4 Å². The van der Waals surface area contributed by atoms with Crippen LogP contribution >= 0.6 is 11.3 Å². The zero-order valence-electron chi connectivity index (χ0n) is 15.3. The van der Waals surface area contributed by atoms with Gasteiger partial charge in [0.1, 0.15) is 0 Å². The van der Waals surface area contributed by atoms with Crippen LogP contribution in [-0.2, 0) is 17.8 Å². The lowest BCUT2D eigenvalue weighted by Crippen LogP contribution is -2.25. The molecule has 3 aromatic rings. The molecule has 2 N–H and O–H groups in total. The Balaban J connectivity index is 1.52. The number of ether oxygens (including phenoxy) is 1. The molecule has 8 heteroatoms. The summed E-state index contributed by atoms with van der Waals surface area (Å²) < 4.78 is 5.45. The lowest BCUT2D eigenvalue weighted by Gasteiger charge is -2.09. The highest BCUT2D eigenvalue weighted by Gasteiger charge is 2.12. The lowest BCUT2D eigenvalue weighted by molar-refractivity contribution is -0.120. The van der Waals surface area contributed by atoms with Crippen molar-refractivity contribution in [3.8, 4) is 5.88 Å². The molecular formula is C20H20N4O3S. The van der Waals surface area contributed by atoms with Crippen LogP contribution < -0.4 is 15.4 Å². The van der Waals surface area contributed by atoms with Crippen molar-refractivity contribution in [2.75, 3.05) is 11.9 Å². The molecule has 0 radical (unpaired) electrons. The average Bonchev–Trinajstić information content (AvgIpc) is 3.15. The Morgan fingerprint density at radius 2 is 1.96 bits per heavy atom. The molecule has 0 fully saturated rings. The van der Waals surface area contributed by atoms with Gasteiger partial charge in [-0.05, 0) is 25.1 Å². The second-order valence-corrected chi connectivity index (χ2v) is 6.68. The first-order valence-electron chi connectivity index (χ1n) is 8.80. The zero-order valence-corrected chi connectivity index (χ0v) is 16.2. The standard InChI is InChI=1S/C20H20N4O3S/c1-2-27-19-15(9-6-10-21-19)12-22-17(25)11-16-13-28-20(23-16)24-18(26)14-7-4-3-5-8-14/h3-10,13H,2,11-12H2,1H3,(H,22,25)(H,23,24,26). The van der Waals surface area contributed by atoms with Crippen LogP contribution in [0.2, 0.25) is 0 Å². The molecule has 0 aliphatic rings. The van der Waals surface area contributed by atoms with Gasteiger partial charge in [0.15, 0.2) is 5.13 Å². The van der Waals surface area contributed by atoms with Gasteiger partial charge in [-0.2, -0.15) is 0 Å². The molecule has 0 atom stereocenters. The summed E-state index contributed by atoms with van der Waals surface area (Å²) in [5.41, 5.74) is 1.97. The van der Waals surface area contributed by atoms with Crippen LogP contribution in [0.15, 0.2) is 54.0 Å². The molecule has 1 aromatic carbocycles.